The van der Waals surface area contributed by atoms with Gasteiger partial charge in [-0.15, -0.1) is 0 Å². The minimum absolute atomic E-state index is 0.348. The molecule has 2 N–H and O–H groups in total. The monoisotopic (exact) mass is 335 g/mol. The molecule has 9 heteroatoms. The molecule has 126 valence electrons. The van der Waals surface area contributed by atoms with E-state index in [1.165, 1.54) is 20.8 Å². The standard InChI is InChI=1S/C13H21NO7S/c1-7(2)11(18)20-6-21-12(19)22-13(4,5)9(10(16)17)14-8(3)15/h7,9H,6H2,1-5H3,(H,14,15)(H,16,17)/t9-/m0/s1. The number of hydrogen-bond donors (Lipinski definition) is 2. The molecule has 0 saturated heterocycles. The molecule has 0 aromatic carbocycles. The van der Waals surface area contributed by atoms with E-state index >= 15 is 0 Å². The quantitative estimate of drug-likeness (QED) is 0.529. The Labute approximate surface area is 132 Å². The number of carboxylic acid groups (broad SMARTS) is 1. The number of nitrogens with one attached hydrogen (secondary N) is 1. The maximum atomic E-state index is 11.7. The molecule has 0 spiro atoms. The van der Waals surface area contributed by atoms with Gasteiger partial charge in [-0.3, -0.25) is 9.59 Å². The van der Waals surface area contributed by atoms with Crippen LogP contribution in [0.5, 0.6) is 0 Å². The molecule has 8 nitrogen and oxygen atoms in total. The lowest BCUT2D eigenvalue weighted by Gasteiger charge is -2.29. The summed E-state index contributed by atoms with van der Waals surface area (Å²) >= 11 is 0.592. The molecule has 0 aromatic heterocycles. The van der Waals surface area contributed by atoms with Gasteiger partial charge in [0.1, 0.15) is 6.04 Å². The van der Waals surface area contributed by atoms with Gasteiger partial charge in [0, 0.05) is 6.92 Å². The van der Waals surface area contributed by atoms with Gasteiger partial charge < -0.3 is 19.9 Å². The lowest BCUT2D eigenvalue weighted by molar-refractivity contribution is -0.155. The van der Waals surface area contributed by atoms with E-state index in [0.29, 0.717) is 11.8 Å². The maximum absolute atomic E-state index is 11.7. The molecule has 0 unspecified atom stereocenters. The van der Waals surface area contributed by atoms with Crippen LogP contribution in [0.4, 0.5) is 4.79 Å². The molecule has 0 rings (SSSR count). The van der Waals surface area contributed by atoms with Gasteiger partial charge in [-0.25, -0.2) is 9.59 Å². The summed E-state index contributed by atoms with van der Waals surface area (Å²) in [7, 11) is 0. The first kappa shape index (κ1) is 20.2. The lowest BCUT2D eigenvalue weighted by atomic mass is 10.0. The van der Waals surface area contributed by atoms with Crippen LogP contribution in [-0.2, 0) is 23.9 Å². The van der Waals surface area contributed by atoms with E-state index in [-0.39, 0.29) is 5.92 Å². The van der Waals surface area contributed by atoms with Crippen molar-refractivity contribution in [2.75, 3.05) is 6.79 Å². The first-order chi connectivity index (χ1) is 9.97. The van der Waals surface area contributed by atoms with Gasteiger partial charge in [-0.05, 0) is 25.6 Å². The SMILES string of the molecule is CC(=O)N[C@@H](C(=O)O)C(C)(C)SC(=O)OCOC(=O)C(C)C. The van der Waals surface area contributed by atoms with E-state index in [4.69, 9.17) is 9.84 Å². The fraction of sp³-hybridized carbons (Fsp3) is 0.692. The summed E-state index contributed by atoms with van der Waals surface area (Å²) in [4.78, 5) is 45.1. The zero-order valence-corrected chi connectivity index (χ0v) is 14.0. The molecule has 0 fully saturated rings. The highest BCUT2D eigenvalue weighted by Crippen LogP contribution is 2.30. The fourth-order valence-electron chi connectivity index (χ4n) is 1.34. The molecule has 0 aromatic rings. The summed E-state index contributed by atoms with van der Waals surface area (Å²) in [6, 6.07) is -1.28. The highest BCUT2D eigenvalue weighted by molar-refractivity contribution is 8.14. The summed E-state index contributed by atoms with van der Waals surface area (Å²) < 4.78 is 8.23. The number of ether oxygens (including phenoxy) is 2. The molecule has 0 bridgehead atoms. The summed E-state index contributed by atoms with van der Waals surface area (Å²) in [6.45, 7) is 6.86. The van der Waals surface area contributed by atoms with E-state index in [0.717, 1.165) is 0 Å². The average molecular weight is 335 g/mol. The van der Waals surface area contributed by atoms with Crippen LogP contribution in [0.3, 0.4) is 0 Å². The van der Waals surface area contributed by atoms with Crippen LogP contribution in [0.25, 0.3) is 0 Å². The average Bonchev–Trinajstić information content (AvgIpc) is 2.34. The Hall–Kier alpha value is -1.77. The molecule has 0 saturated carbocycles. The van der Waals surface area contributed by atoms with Crippen molar-refractivity contribution in [3.05, 3.63) is 0 Å². The van der Waals surface area contributed by atoms with Gasteiger partial charge in [0.05, 0.1) is 10.7 Å². The molecule has 22 heavy (non-hydrogen) atoms. The number of rotatable bonds is 7. The topological polar surface area (TPSA) is 119 Å². The fourth-order valence-corrected chi connectivity index (χ4v) is 2.16. The van der Waals surface area contributed by atoms with E-state index in [1.807, 2.05) is 0 Å². The van der Waals surface area contributed by atoms with Gasteiger partial charge in [-0.2, -0.15) is 0 Å². The Kier molecular flexibility index (Phi) is 7.93. The molecular formula is C13H21NO7S. The van der Waals surface area contributed by atoms with Crippen molar-refractivity contribution < 1.29 is 33.8 Å². The van der Waals surface area contributed by atoms with Gasteiger partial charge in [-0.1, -0.05) is 13.8 Å². The number of aliphatic carboxylic acids is 1. The van der Waals surface area contributed by atoms with Gasteiger partial charge in [0.15, 0.2) is 0 Å². The van der Waals surface area contributed by atoms with Gasteiger partial charge in [0.2, 0.25) is 12.7 Å². The largest absolute Gasteiger partial charge is 0.480 e. The molecule has 0 aliphatic carbocycles. The second-order valence-electron chi connectivity index (χ2n) is 5.31. The van der Waals surface area contributed by atoms with Crippen LogP contribution in [0.1, 0.15) is 34.6 Å². The van der Waals surface area contributed by atoms with Gasteiger partial charge in [0.25, 0.3) is 0 Å². The molecule has 0 heterocycles. The number of amides is 1. The molecule has 1 amide bonds. The van der Waals surface area contributed by atoms with Crippen molar-refractivity contribution in [1.82, 2.24) is 5.32 Å². The maximum Gasteiger partial charge on any atom is 0.370 e. The normalized spacial score (nSPS) is 12.5. The number of carboxylic acids is 1. The summed E-state index contributed by atoms with van der Waals surface area (Å²) in [6.07, 6.45) is 0. The van der Waals surface area contributed by atoms with Crippen molar-refractivity contribution >= 4 is 34.9 Å². The lowest BCUT2D eigenvalue weighted by Crippen LogP contribution is -2.52. The smallest absolute Gasteiger partial charge is 0.370 e. The molecule has 1 atom stereocenters. The first-order valence-electron chi connectivity index (χ1n) is 6.49. The van der Waals surface area contributed by atoms with E-state index < -0.39 is 40.7 Å². The van der Waals surface area contributed by atoms with Crippen LogP contribution in [0, 0.1) is 5.92 Å². The molecule has 0 aliphatic rings. The van der Waals surface area contributed by atoms with Gasteiger partial charge >= 0.3 is 17.2 Å². The highest BCUT2D eigenvalue weighted by Gasteiger charge is 2.39. The number of thioether (sulfide) groups is 1. The minimum atomic E-state index is -1.28. The summed E-state index contributed by atoms with van der Waals surface area (Å²) in [5.41, 5.74) is 0. The first-order valence-corrected chi connectivity index (χ1v) is 7.31. The summed E-state index contributed by atoms with van der Waals surface area (Å²) in [5, 5.41) is 10.6. The van der Waals surface area contributed by atoms with Crippen molar-refractivity contribution in [2.24, 2.45) is 5.92 Å². The van der Waals surface area contributed by atoms with Crippen molar-refractivity contribution in [1.29, 1.82) is 0 Å². The predicted molar refractivity (Wildman–Crippen MR) is 79.2 cm³/mol. The van der Waals surface area contributed by atoms with Crippen molar-refractivity contribution in [2.45, 2.75) is 45.4 Å². The van der Waals surface area contributed by atoms with E-state index in [2.05, 4.69) is 10.1 Å². The van der Waals surface area contributed by atoms with Crippen LogP contribution < -0.4 is 5.32 Å². The number of carbonyl (C=O) groups is 4. The second kappa shape index (κ2) is 8.62. The third-order valence-corrected chi connectivity index (χ3v) is 3.53. The highest BCUT2D eigenvalue weighted by atomic mass is 32.2. The van der Waals surface area contributed by atoms with Crippen LogP contribution in [-0.4, -0.2) is 45.8 Å². The van der Waals surface area contributed by atoms with E-state index in [9.17, 15) is 19.2 Å². The van der Waals surface area contributed by atoms with Crippen LogP contribution in [0.2, 0.25) is 0 Å². The Morgan fingerprint density at radius 2 is 1.73 bits per heavy atom. The Morgan fingerprint density at radius 1 is 1.18 bits per heavy atom. The Balaban J connectivity index is 4.55. The molecule has 0 aliphatic heterocycles. The van der Waals surface area contributed by atoms with E-state index in [1.54, 1.807) is 13.8 Å². The predicted octanol–water partition coefficient (Wildman–Crippen LogP) is 1.38. The molecule has 0 radical (unpaired) electrons. The minimum Gasteiger partial charge on any atom is -0.480 e. The summed E-state index contributed by atoms with van der Waals surface area (Å²) in [5.74, 6) is -2.66. The third-order valence-electron chi connectivity index (χ3n) is 2.49. The Morgan fingerprint density at radius 3 is 2.14 bits per heavy atom. The Bertz CT molecular complexity index is 448. The van der Waals surface area contributed by atoms with Crippen molar-refractivity contribution in [3.63, 3.8) is 0 Å². The zero-order valence-electron chi connectivity index (χ0n) is 13.2. The molecular weight excluding hydrogens is 314 g/mol. The number of esters is 1. The number of hydrogen-bond acceptors (Lipinski definition) is 7. The second-order valence-corrected chi connectivity index (χ2v) is 6.90. The van der Waals surface area contributed by atoms with Crippen molar-refractivity contribution in [3.8, 4) is 0 Å². The number of carbonyl (C=O) groups excluding carboxylic acids is 3. The third kappa shape index (κ3) is 7.30. The van der Waals surface area contributed by atoms with Crippen LogP contribution in [0.15, 0.2) is 0 Å². The zero-order chi connectivity index (χ0) is 17.5. The van der Waals surface area contributed by atoms with Crippen LogP contribution >= 0.6 is 11.8 Å².